The number of nitrogens with one attached hydrogen (secondary N) is 1. The first-order valence-corrected chi connectivity index (χ1v) is 11.4. The van der Waals surface area contributed by atoms with Gasteiger partial charge in [-0.2, -0.15) is 0 Å². The molecule has 1 aromatic heterocycles. The van der Waals surface area contributed by atoms with Gasteiger partial charge in [-0.25, -0.2) is 0 Å². The molecule has 0 spiro atoms. The number of piperazine rings is 1. The van der Waals surface area contributed by atoms with Gasteiger partial charge >= 0.3 is 0 Å². The number of rotatable bonds is 7. The van der Waals surface area contributed by atoms with Crippen LogP contribution in [0, 0.1) is 12.8 Å². The summed E-state index contributed by atoms with van der Waals surface area (Å²) < 4.78 is 0. The maximum Gasteiger partial charge on any atom is 0.226 e. The van der Waals surface area contributed by atoms with Crippen LogP contribution in [0.15, 0.2) is 24.3 Å². The zero-order valence-corrected chi connectivity index (χ0v) is 19.0. The smallest absolute Gasteiger partial charge is 0.226 e. The van der Waals surface area contributed by atoms with Gasteiger partial charge < -0.3 is 15.1 Å². The van der Waals surface area contributed by atoms with Crippen LogP contribution in [0.1, 0.15) is 44.2 Å². The number of aryl methyl sites for hydroxylation is 1. The maximum atomic E-state index is 12.6. The van der Waals surface area contributed by atoms with E-state index in [9.17, 15) is 9.59 Å². The highest BCUT2D eigenvalue weighted by molar-refractivity contribution is 7.15. The normalized spacial score (nSPS) is 16.8. The van der Waals surface area contributed by atoms with Gasteiger partial charge in [0.25, 0.3) is 0 Å². The molecule has 2 heterocycles. The predicted molar refractivity (Wildman–Crippen MR) is 121 cm³/mol. The molecule has 1 aromatic carbocycles. The van der Waals surface area contributed by atoms with Crippen molar-refractivity contribution in [3.63, 3.8) is 0 Å². The van der Waals surface area contributed by atoms with Crippen LogP contribution in [0.5, 0.6) is 0 Å². The molecule has 2 aromatic rings. The highest BCUT2D eigenvalue weighted by atomic mass is 32.1. The fourth-order valence-electron chi connectivity index (χ4n) is 3.67. The van der Waals surface area contributed by atoms with E-state index in [1.807, 2.05) is 4.90 Å². The summed E-state index contributed by atoms with van der Waals surface area (Å²) in [6.07, 6.45) is 1.21. The molecular formula is C22H31N5O2S. The topological polar surface area (TPSA) is 78.4 Å². The van der Waals surface area contributed by atoms with Crippen LogP contribution in [0.4, 0.5) is 10.8 Å². The van der Waals surface area contributed by atoms with Crippen LogP contribution in [0.2, 0.25) is 0 Å². The number of carbonyl (C=O) groups excluding carboxylic acids is 2. The fraction of sp³-hybridized carbons (Fsp3) is 0.545. The molecule has 2 amide bonds. The van der Waals surface area contributed by atoms with Gasteiger partial charge in [0.1, 0.15) is 5.01 Å². The third-order valence-electron chi connectivity index (χ3n) is 5.18. The van der Waals surface area contributed by atoms with Crippen molar-refractivity contribution in [1.82, 2.24) is 15.1 Å². The van der Waals surface area contributed by atoms with E-state index in [-0.39, 0.29) is 30.7 Å². The minimum absolute atomic E-state index is 0.0265. The van der Waals surface area contributed by atoms with Gasteiger partial charge in [0.15, 0.2) is 0 Å². The van der Waals surface area contributed by atoms with Gasteiger partial charge in [0.05, 0.1) is 0 Å². The average molecular weight is 430 g/mol. The molecule has 30 heavy (non-hydrogen) atoms. The molecule has 1 N–H and O–H groups in total. The lowest BCUT2D eigenvalue weighted by Gasteiger charge is -2.41. The van der Waals surface area contributed by atoms with E-state index >= 15 is 0 Å². The van der Waals surface area contributed by atoms with E-state index in [1.165, 1.54) is 22.6 Å². The van der Waals surface area contributed by atoms with Crippen molar-refractivity contribution in [2.24, 2.45) is 5.92 Å². The highest BCUT2D eigenvalue weighted by Crippen LogP contribution is 2.22. The Morgan fingerprint density at radius 2 is 2.03 bits per heavy atom. The number of benzene rings is 1. The Morgan fingerprint density at radius 3 is 2.73 bits per heavy atom. The van der Waals surface area contributed by atoms with Crippen molar-refractivity contribution in [1.29, 1.82) is 0 Å². The molecule has 1 aliphatic heterocycles. The fourth-order valence-corrected chi connectivity index (χ4v) is 4.64. The van der Waals surface area contributed by atoms with Gasteiger partial charge in [-0.3, -0.25) is 9.59 Å². The minimum atomic E-state index is -0.193. The first kappa shape index (κ1) is 22.2. The van der Waals surface area contributed by atoms with E-state index < -0.39 is 0 Å². The first-order valence-electron chi connectivity index (χ1n) is 10.5. The van der Waals surface area contributed by atoms with Crippen LogP contribution in [0.3, 0.4) is 0 Å². The third kappa shape index (κ3) is 6.01. The van der Waals surface area contributed by atoms with E-state index in [1.54, 1.807) is 0 Å². The molecule has 162 valence electrons. The number of amides is 2. The molecule has 0 aliphatic carbocycles. The molecular weight excluding hydrogens is 398 g/mol. The zero-order valence-electron chi connectivity index (χ0n) is 18.2. The Balaban J connectivity index is 1.45. The van der Waals surface area contributed by atoms with Crippen LogP contribution in [-0.4, -0.2) is 52.6 Å². The van der Waals surface area contributed by atoms with Crippen molar-refractivity contribution in [2.75, 3.05) is 29.9 Å². The average Bonchev–Trinajstić information content (AvgIpc) is 3.11. The molecule has 1 aliphatic rings. The Morgan fingerprint density at radius 1 is 1.23 bits per heavy atom. The van der Waals surface area contributed by atoms with E-state index in [2.05, 4.69) is 72.4 Å². The van der Waals surface area contributed by atoms with Crippen LogP contribution in [-0.2, 0) is 16.0 Å². The van der Waals surface area contributed by atoms with Gasteiger partial charge in [-0.1, -0.05) is 37.3 Å². The van der Waals surface area contributed by atoms with E-state index in [4.69, 9.17) is 0 Å². The molecule has 7 nitrogen and oxygen atoms in total. The maximum absolute atomic E-state index is 12.6. The van der Waals surface area contributed by atoms with Crippen molar-refractivity contribution >= 4 is 34.0 Å². The molecule has 0 saturated carbocycles. The highest BCUT2D eigenvalue weighted by Gasteiger charge is 2.27. The largest absolute Gasteiger partial charge is 0.365 e. The monoisotopic (exact) mass is 429 g/mol. The predicted octanol–water partition coefficient (Wildman–Crippen LogP) is 3.50. The molecule has 8 heteroatoms. The zero-order chi connectivity index (χ0) is 21.7. The molecule has 1 saturated heterocycles. The van der Waals surface area contributed by atoms with E-state index in [0.29, 0.717) is 24.1 Å². The Bertz CT molecular complexity index is 882. The summed E-state index contributed by atoms with van der Waals surface area (Å²) in [5, 5.41) is 12.3. The summed E-state index contributed by atoms with van der Waals surface area (Å²) in [6, 6.07) is 8.69. The molecule has 0 radical (unpaired) electrons. The van der Waals surface area contributed by atoms with Crippen molar-refractivity contribution in [3.05, 3.63) is 34.8 Å². The third-order valence-corrected chi connectivity index (χ3v) is 6.04. The molecule has 0 bridgehead atoms. The lowest BCUT2D eigenvalue weighted by molar-refractivity contribution is -0.133. The Kier molecular flexibility index (Phi) is 7.42. The summed E-state index contributed by atoms with van der Waals surface area (Å²) >= 11 is 1.40. The van der Waals surface area contributed by atoms with Gasteiger partial charge in [0, 0.05) is 50.6 Å². The summed E-state index contributed by atoms with van der Waals surface area (Å²) in [5.74, 6) is 0.327. The Labute approximate surface area is 182 Å². The SMILES string of the molecule is Cc1cccc(N2CCN(C(=O)CCC(=O)Nc3nnc(CC(C)C)s3)CC2C)c1. The number of carbonyl (C=O) groups is 2. The van der Waals surface area contributed by atoms with Crippen molar-refractivity contribution < 1.29 is 9.59 Å². The second kappa shape index (κ2) is 10.0. The van der Waals surface area contributed by atoms with Crippen LogP contribution >= 0.6 is 11.3 Å². The summed E-state index contributed by atoms with van der Waals surface area (Å²) in [4.78, 5) is 29.1. The van der Waals surface area contributed by atoms with Gasteiger partial charge in [-0.15, -0.1) is 10.2 Å². The van der Waals surface area contributed by atoms with Gasteiger partial charge in [0.2, 0.25) is 16.9 Å². The molecule has 1 atom stereocenters. The number of hydrogen-bond donors (Lipinski definition) is 1. The molecule has 3 rings (SSSR count). The summed E-state index contributed by atoms with van der Waals surface area (Å²) in [5.41, 5.74) is 2.43. The number of hydrogen-bond acceptors (Lipinski definition) is 6. The van der Waals surface area contributed by atoms with Crippen molar-refractivity contribution in [2.45, 2.75) is 53.0 Å². The van der Waals surface area contributed by atoms with Gasteiger partial charge in [-0.05, 0) is 37.5 Å². The number of aromatic nitrogens is 2. The standard InChI is InChI=1S/C22H31N5O2S/c1-15(2)12-20-24-25-22(30-20)23-19(28)8-9-21(29)26-10-11-27(17(4)14-26)18-7-5-6-16(3)13-18/h5-7,13,15,17H,8-12,14H2,1-4H3,(H,23,25,28). The summed E-state index contributed by atoms with van der Waals surface area (Å²) in [7, 11) is 0. The molecule has 1 unspecified atom stereocenters. The second-order valence-corrected chi connectivity index (χ2v) is 9.43. The number of anilines is 2. The number of nitrogens with zero attached hydrogens (tertiary/aromatic N) is 4. The second-order valence-electron chi connectivity index (χ2n) is 8.37. The minimum Gasteiger partial charge on any atom is -0.365 e. The van der Waals surface area contributed by atoms with Crippen LogP contribution < -0.4 is 10.2 Å². The quantitative estimate of drug-likeness (QED) is 0.729. The summed E-state index contributed by atoms with van der Waals surface area (Å²) in [6.45, 7) is 10.6. The van der Waals surface area contributed by atoms with E-state index in [0.717, 1.165) is 18.0 Å². The Hall–Kier alpha value is -2.48. The lowest BCUT2D eigenvalue weighted by Crippen LogP contribution is -2.53. The molecule has 1 fully saturated rings. The van der Waals surface area contributed by atoms with Crippen molar-refractivity contribution in [3.8, 4) is 0 Å². The lowest BCUT2D eigenvalue weighted by atomic mass is 10.1. The van der Waals surface area contributed by atoms with Crippen LogP contribution in [0.25, 0.3) is 0 Å². The first-order chi connectivity index (χ1) is 14.3.